The first-order valence-corrected chi connectivity index (χ1v) is 9.27. The van der Waals surface area contributed by atoms with E-state index in [2.05, 4.69) is 10.3 Å². The standard InChI is InChI=1S/C20H19N3O3S/c21-16(11-14-7-3-1-4-8-14)18(24)23-20-22-17(13-27-20)19(25)26-12-15-9-5-2-6-10-15/h1-10,13,16H,11-12,21H2,(H,22,23,24)/t16-/m0/s1. The van der Waals surface area contributed by atoms with Crippen LogP contribution in [0.2, 0.25) is 0 Å². The minimum atomic E-state index is -0.704. The number of amides is 1. The van der Waals surface area contributed by atoms with Crippen LogP contribution in [0.4, 0.5) is 5.13 Å². The lowest BCUT2D eigenvalue weighted by molar-refractivity contribution is -0.117. The quantitative estimate of drug-likeness (QED) is 0.614. The molecule has 1 aromatic heterocycles. The van der Waals surface area contributed by atoms with Crippen molar-refractivity contribution in [2.24, 2.45) is 5.73 Å². The van der Waals surface area contributed by atoms with Crippen LogP contribution in [0.1, 0.15) is 21.6 Å². The molecule has 27 heavy (non-hydrogen) atoms. The highest BCUT2D eigenvalue weighted by atomic mass is 32.1. The van der Waals surface area contributed by atoms with Crippen LogP contribution in [0.15, 0.2) is 66.0 Å². The molecule has 0 radical (unpaired) electrons. The van der Waals surface area contributed by atoms with Gasteiger partial charge in [0.15, 0.2) is 10.8 Å². The van der Waals surface area contributed by atoms with Crippen molar-refractivity contribution in [1.82, 2.24) is 4.98 Å². The molecule has 3 rings (SSSR count). The van der Waals surface area contributed by atoms with Gasteiger partial charge < -0.3 is 15.8 Å². The number of rotatable bonds is 7. The van der Waals surface area contributed by atoms with Crippen LogP contribution in [0.5, 0.6) is 0 Å². The van der Waals surface area contributed by atoms with Gasteiger partial charge in [0.25, 0.3) is 0 Å². The van der Waals surface area contributed by atoms with Crippen LogP contribution in [-0.4, -0.2) is 22.9 Å². The summed E-state index contributed by atoms with van der Waals surface area (Å²) in [5.74, 6) is -0.887. The summed E-state index contributed by atoms with van der Waals surface area (Å²) in [7, 11) is 0. The number of ether oxygens (including phenoxy) is 1. The van der Waals surface area contributed by atoms with E-state index in [1.165, 1.54) is 0 Å². The normalized spacial score (nSPS) is 11.6. The second kappa shape index (κ2) is 9.07. The lowest BCUT2D eigenvalue weighted by Gasteiger charge is -2.10. The smallest absolute Gasteiger partial charge is 0.358 e. The predicted molar refractivity (Wildman–Crippen MR) is 104 cm³/mol. The summed E-state index contributed by atoms with van der Waals surface area (Å²) < 4.78 is 5.23. The fraction of sp³-hybridized carbons (Fsp3) is 0.150. The molecule has 0 unspecified atom stereocenters. The lowest BCUT2D eigenvalue weighted by atomic mass is 10.1. The minimum absolute atomic E-state index is 0.155. The van der Waals surface area contributed by atoms with Gasteiger partial charge in [-0.25, -0.2) is 9.78 Å². The van der Waals surface area contributed by atoms with E-state index in [1.54, 1.807) is 5.38 Å². The van der Waals surface area contributed by atoms with E-state index in [1.807, 2.05) is 60.7 Å². The number of nitrogens with two attached hydrogens (primary N) is 1. The number of nitrogens with one attached hydrogen (secondary N) is 1. The third-order valence-corrected chi connectivity index (χ3v) is 4.55. The molecular weight excluding hydrogens is 362 g/mol. The summed E-state index contributed by atoms with van der Waals surface area (Å²) in [6.07, 6.45) is 0.421. The number of esters is 1. The van der Waals surface area contributed by atoms with Crippen molar-refractivity contribution < 1.29 is 14.3 Å². The molecule has 1 atom stereocenters. The van der Waals surface area contributed by atoms with Gasteiger partial charge in [0.2, 0.25) is 5.91 Å². The van der Waals surface area contributed by atoms with Crippen LogP contribution < -0.4 is 11.1 Å². The van der Waals surface area contributed by atoms with E-state index < -0.39 is 12.0 Å². The second-order valence-electron chi connectivity index (χ2n) is 5.89. The minimum Gasteiger partial charge on any atom is -0.456 e. The van der Waals surface area contributed by atoms with E-state index in [0.29, 0.717) is 11.6 Å². The van der Waals surface area contributed by atoms with Crippen LogP contribution >= 0.6 is 11.3 Å². The summed E-state index contributed by atoms with van der Waals surface area (Å²) in [6, 6.07) is 18.2. The number of hydrogen-bond donors (Lipinski definition) is 2. The maximum Gasteiger partial charge on any atom is 0.358 e. The SMILES string of the molecule is N[C@@H](Cc1ccccc1)C(=O)Nc1nc(C(=O)OCc2ccccc2)cs1. The molecule has 0 aliphatic carbocycles. The Morgan fingerprint density at radius 3 is 2.33 bits per heavy atom. The molecule has 6 nitrogen and oxygen atoms in total. The molecule has 138 valence electrons. The van der Waals surface area contributed by atoms with Gasteiger partial charge in [0, 0.05) is 5.38 Å². The molecule has 0 saturated heterocycles. The van der Waals surface area contributed by atoms with Gasteiger partial charge in [-0.3, -0.25) is 4.79 Å². The van der Waals surface area contributed by atoms with E-state index >= 15 is 0 Å². The third-order valence-electron chi connectivity index (χ3n) is 3.79. The number of hydrogen-bond acceptors (Lipinski definition) is 6. The average Bonchev–Trinajstić information content (AvgIpc) is 3.16. The average molecular weight is 381 g/mol. The first kappa shape index (κ1) is 18.8. The highest BCUT2D eigenvalue weighted by Gasteiger charge is 2.18. The topological polar surface area (TPSA) is 94.3 Å². The Balaban J connectivity index is 1.52. The highest BCUT2D eigenvalue weighted by Crippen LogP contribution is 2.17. The number of nitrogens with zero attached hydrogens (tertiary/aromatic N) is 1. The monoisotopic (exact) mass is 381 g/mol. The summed E-state index contributed by atoms with van der Waals surface area (Å²) in [6.45, 7) is 0.168. The molecule has 1 heterocycles. The Bertz CT molecular complexity index is 897. The Morgan fingerprint density at radius 2 is 1.67 bits per heavy atom. The lowest BCUT2D eigenvalue weighted by Crippen LogP contribution is -2.37. The molecule has 0 aliphatic heterocycles. The largest absolute Gasteiger partial charge is 0.456 e. The fourth-order valence-corrected chi connectivity index (χ4v) is 3.06. The van der Waals surface area contributed by atoms with Crippen molar-refractivity contribution in [1.29, 1.82) is 0 Å². The molecular formula is C20H19N3O3S. The molecule has 0 spiro atoms. The molecule has 2 aromatic carbocycles. The molecule has 3 N–H and O–H groups in total. The highest BCUT2D eigenvalue weighted by molar-refractivity contribution is 7.14. The number of anilines is 1. The van der Waals surface area contributed by atoms with E-state index in [0.717, 1.165) is 22.5 Å². The summed E-state index contributed by atoms with van der Waals surface area (Å²) in [5, 5.41) is 4.51. The fourth-order valence-electron chi connectivity index (χ4n) is 2.38. The van der Waals surface area contributed by atoms with Crippen molar-refractivity contribution >= 4 is 28.3 Å². The van der Waals surface area contributed by atoms with Crippen LogP contribution in [0.25, 0.3) is 0 Å². The number of aromatic nitrogens is 1. The molecule has 7 heteroatoms. The van der Waals surface area contributed by atoms with Gasteiger partial charge in [-0.15, -0.1) is 11.3 Å². The number of carbonyl (C=O) groups is 2. The molecule has 0 fully saturated rings. The van der Waals surface area contributed by atoms with Crippen molar-refractivity contribution in [3.05, 3.63) is 82.9 Å². The van der Waals surface area contributed by atoms with Gasteiger partial charge in [-0.2, -0.15) is 0 Å². The summed E-state index contributed by atoms with van der Waals surface area (Å²) in [4.78, 5) is 28.4. The first-order chi connectivity index (χ1) is 13.1. The first-order valence-electron chi connectivity index (χ1n) is 8.39. The molecule has 0 bridgehead atoms. The zero-order valence-electron chi connectivity index (χ0n) is 14.5. The molecule has 1 amide bonds. The molecule has 0 saturated carbocycles. The van der Waals surface area contributed by atoms with Crippen LogP contribution in [-0.2, 0) is 22.6 Å². The summed E-state index contributed by atoms with van der Waals surface area (Å²) >= 11 is 1.15. The Labute approximate surface area is 161 Å². The van der Waals surface area contributed by atoms with Crippen molar-refractivity contribution in [3.8, 4) is 0 Å². The predicted octanol–water partition coefficient (Wildman–Crippen LogP) is 3.01. The van der Waals surface area contributed by atoms with Gasteiger partial charge >= 0.3 is 5.97 Å². The second-order valence-corrected chi connectivity index (χ2v) is 6.74. The molecule has 0 aliphatic rings. The van der Waals surface area contributed by atoms with Gasteiger partial charge in [0.1, 0.15) is 6.61 Å². The van der Waals surface area contributed by atoms with Crippen molar-refractivity contribution in [2.75, 3.05) is 5.32 Å². The van der Waals surface area contributed by atoms with Crippen molar-refractivity contribution in [2.45, 2.75) is 19.1 Å². The van der Waals surface area contributed by atoms with Crippen molar-refractivity contribution in [3.63, 3.8) is 0 Å². The molecule has 3 aromatic rings. The van der Waals surface area contributed by atoms with Crippen LogP contribution in [0.3, 0.4) is 0 Å². The Hall–Kier alpha value is -3.03. The van der Waals surface area contributed by atoms with E-state index in [-0.39, 0.29) is 18.2 Å². The van der Waals surface area contributed by atoms with Gasteiger partial charge in [-0.05, 0) is 17.5 Å². The number of benzene rings is 2. The number of carbonyl (C=O) groups excluding carboxylic acids is 2. The maximum atomic E-state index is 12.2. The Kier molecular flexibility index (Phi) is 6.30. The van der Waals surface area contributed by atoms with Gasteiger partial charge in [0.05, 0.1) is 6.04 Å². The third kappa shape index (κ3) is 5.47. The zero-order valence-corrected chi connectivity index (χ0v) is 15.3. The van der Waals surface area contributed by atoms with E-state index in [9.17, 15) is 9.59 Å². The Morgan fingerprint density at radius 1 is 1.04 bits per heavy atom. The zero-order chi connectivity index (χ0) is 19.1. The summed E-state index contributed by atoms with van der Waals surface area (Å²) in [5.41, 5.74) is 7.97. The van der Waals surface area contributed by atoms with Crippen LogP contribution in [0, 0.1) is 0 Å². The maximum absolute atomic E-state index is 12.2. The van der Waals surface area contributed by atoms with Gasteiger partial charge in [-0.1, -0.05) is 60.7 Å². The van der Waals surface area contributed by atoms with E-state index in [4.69, 9.17) is 10.5 Å². The number of thiazole rings is 1.